The quantitative estimate of drug-likeness (QED) is 0.345. The van der Waals surface area contributed by atoms with Crippen molar-refractivity contribution in [2.45, 2.75) is 25.8 Å². The average Bonchev–Trinajstić information content (AvgIpc) is 3.51. The number of hydrogen-bond acceptors (Lipinski definition) is 5. The Morgan fingerprint density at radius 1 is 0.892 bits per heavy atom. The van der Waals surface area contributed by atoms with Crippen molar-refractivity contribution in [3.63, 3.8) is 0 Å². The van der Waals surface area contributed by atoms with E-state index in [1.54, 1.807) is 42.5 Å². The molecule has 37 heavy (non-hydrogen) atoms. The molecule has 1 aromatic heterocycles. The molecule has 0 atom stereocenters. The standard InChI is InChI=1S/C18H16N2O4.C10H11NO.ClH/c19-10-14-13-8-4-5-9-15(13)24-18(14)20(11-16(21)22)17(23)12-6-2-1-3-7-12;11-10(12)9-5-4-7-2-1-3-8(7)6-9;/h1-9H,10-11,19H2,(H,21,22);4-6H,1-3H2,(H2,11,12);1H. The normalized spacial score (nSPS) is 11.6. The summed E-state index contributed by atoms with van der Waals surface area (Å²) in [6.45, 7) is -0.384. The predicted molar refractivity (Wildman–Crippen MR) is 144 cm³/mol. The molecule has 0 aliphatic heterocycles. The Morgan fingerprint density at radius 2 is 1.57 bits per heavy atom. The molecule has 0 saturated heterocycles. The Bertz CT molecular complexity index is 1420. The summed E-state index contributed by atoms with van der Waals surface area (Å²) >= 11 is 0. The number of anilines is 1. The van der Waals surface area contributed by atoms with Crippen molar-refractivity contribution >= 4 is 47.0 Å². The monoisotopic (exact) mass is 521 g/mol. The molecule has 0 unspecified atom stereocenters. The van der Waals surface area contributed by atoms with Gasteiger partial charge in [-0.05, 0) is 60.7 Å². The van der Waals surface area contributed by atoms with Crippen LogP contribution in [0.25, 0.3) is 11.0 Å². The first-order valence-corrected chi connectivity index (χ1v) is 11.6. The van der Waals surface area contributed by atoms with E-state index >= 15 is 0 Å². The number of rotatable bonds is 6. The largest absolute Gasteiger partial charge is 0.480 e. The van der Waals surface area contributed by atoms with Gasteiger partial charge in [-0.1, -0.05) is 42.5 Å². The molecule has 0 saturated carbocycles. The number of halogens is 1. The number of carbonyl (C=O) groups is 3. The Hall–Kier alpha value is -4.14. The summed E-state index contributed by atoms with van der Waals surface area (Å²) in [6.07, 6.45) is 3.45. The van der Waals surface area contributed by atoms with Gasteiger partial charge in [0.05, 0.1) is 0 Å². The van der Waals surface area contributed by atoms with E-state index in [0.29, 0.717) is 22.3 Å². The third-order valence-electron chi connectivity index (χ3n) is 6.07. The van der Waals surface area contributed by atoms with E-state index in [4.69, 9.17) is 15.9 Å². The number of benzene rings is 3. The van der Waals surface area contributed by atoms with Gasteiger partial charge in [0.1, 0.15) is 12.1 Å². The van der Waals surface area contributed by atoms with Crippen LogP contribution < -0.4 is 16.4 Å². The first-order valence-electron chi connectivity index (χ1n) is 11.6. The molecule has 1 aliphatic rings. The average molecular weight is 522 g/mol. The third-order valence-corrected chi connectivity index (χ3v) is 6.07. The second-order valence-corrected chi connectivity index (χ2v) is 8.44. The van der Waals surface area contributed by atoms with Crippen molar-refractivity contribution in [1.82, 2.24) is 0 Å². The van der Waals surface area contributed by atoms with Crippen molar-refractivity contribution < 1.29 is 23.9 Å². The lowest BCUT2D eigenvalue weighted by Crippen LogP contribution is -2.36. The molecular formula is C28H28ClN3O5. The van der Waals surface area contributed by atoms with E-state index in [9.17, 15) is 19.5 Å². The molecule has 9 heteroatoms. The minimum absolute atomic E-state index is 0. The number of hydrogen-bond donors (Lipinski definition) is 3. The van der Waals surface area contributed by atoms with E-state index in [1.165, 1.54) is 17.5 Å². The Kier molecular flexibility index (Phi) is 9.05. The number of nitrogens with two attached hydrogens (primary N) is 2. The number of carboxylic acids is 1. The van der Waals surface area contributed by atoms with Crippen LogP contribution in [0.4, 0.5) is 5.88 Å². The van der Waals surface area contributed by atoms with E-state index in [1.807, 2.05) is 30.3 Å². The van der Waals surface area contributed by atoms with Crippen LogP contribution in [-0.2, 0) is 24.2 Å². The van der Waals surface area contributed by atoms with Crippen molar-refractivity contribution in [1.29, 1.82) is 0 Å². The van der Waals surface area contributed by atoms with Crippen molar-refractivity contribution in [2.75, 3.05) is 11.4 Å². The molecule has 5 N–H and O–H groups in total. The van der Waals surface area contributed by atoms with Crippen molar-refractivity contribution in [3.8, 4) is 0 Å². The summed E-state index contributed by atoms with van der Waals surface area (Å²) in [4.78, 5) is 36.0. The molecule has 2 amide bonds. The number of fused-ring (bicyclic) bond motifs is 2. The van der Waals surface area contributed by atoms with Gasteiger partial charge in [-0.25, -0.2) is 0 Å². The number of aryl methyl sites for hydroxylation is 2. The molecular weight excluding hydrogens is 494 g/mol. The summed E-state index contributed by atoms with van der Waals surface area (Å²) < 4.78 is 5.76. The fraction of sp³-hybridized carbons (Fsp3) is 0.179. The lowest BCUT2D eigenvalue weighted by atomic mass is 10.1. The molecule has 3 aromatic carbocycles. The number of para-hydroxylation sites is 1. The molecule has 0 spiro atoms. The topological polar surface area (TPSA) is 140 Å². The summed E-state index contributed by atoms with van der Waals surface area (Å²) in [5.41, 5.74) is 15.8. The lowest BCUT2D eigenvalue weighted by Gasteiger charge is -2.19. The van der Waals surface area contributed by atoms with Crippen LogP contribution in [-0.4, -0.2) is 29.4 Å². The number of carbonyl (C=O) groups excluding carboxylic acids is 2. The van der Waals surface area contributed by atoms with Crippen molar-refractivity contribution in [3.05, 3.63) is 101 Å². The molecule has 8 nitrogen and oxygen atoms in total. The zero-order valence-electron chi connectivity index (χ0n) is 20.1. The molecule has 1 heterocycles. The first-order chi connectivity index (χ1) is 17.4. The van der Waals surface area contributed by atoms with Crippen LogP contribution in [0.3, 0.4) is 0 Å². The zero-order chi connectivity index (χ0) is 25.7. The maximum absolute atomic E-state index is 12.8. The number of nitrogens with zero attached hydrogens (tertiary/aromatic N) is 1. The second kappa shape index (κ2) is 12.2. The highest BCUT2D eigenvalue weighted by Gasteiger charge is 2.27. The lowest BCUT2D eigenvalue weighted by molar-refractivity contribution is -0.135. The number of carboxylic acid groups (broad SMARTS) is 1. The molecule has 192 valence electrons. The maximum Gasteiger partial charge on any atom is 0.323 e. The van der Waals surface area contributed by atoms with E-state index in [0.717, 1.165) is 23.1 Å². The SMILES string of the molecule is Cl.NC(=O)c1ccc2c(c1)CCC2.NCc1c(N(CC(=O)O)C(=O)c2ccccc2)oc2ccccc12. The highest BCUT2D eigenvalue weighted by atomic mass is 35.5. The van der Waals surface area contributed by atoms with E-state index in [2.05, 4.69) is 0 Å². The Labute approximate surface area is 220 Å². The molecule has 0 fully saturated rings. The highest BCUT2D eigenvalue weighted by molar-refractivity contribution is 6.09. The van der Waals surface area contributed by atoms with Gasteiger partial charge in [0.2, 0.25) is 11.8 Å². The molecule has 0 bridgehead atoms. The number of amides is 2. The molecule has 1 aliphatic carbocycles. The number of primary amides is 1. The smallest absolute Gasteiger partial charge is 0.323 e. The summed E-state index contributed by atoms with van der Waals surface area (Å²) in [6, 6.07) is 21.4. The zero-order valence-corrected chi connectivity index (χ0v) is 20.9. The van der Waals surface area contributed by atoms with E-state index in [-0.39, 0.29) is 30.7 Å². The number of aliphatic carboxylic acids is 1. The number of furan rings is 1. The fourth-order valence-corrected chi connectivity index (χ4v) is 4.33. The Balaban J connectivity index is 0.000000246. The summed E-state index contributed by atoms with van der Waals surface area (Å²) in [5.74, 6) is -1.74. The molecule has 4 aromatic rings. The van der Waals surface area contributed by atoms with Gasteiger partial charge in [0.15, 0.2) is 0 Å². The first kappa shape index (κ1) is 27.4. The summed E-state index contributed by atoms with van der Waals surface area (Å²) in [5, 5.41) is 9.98. The fourth-order valence-electron chi connectivity index (χ4n) is 4.33. The minimum Gasteiger partial charge on any atom is -0.480 e. The van der Waals surface area contributed by atoms with Gasteiger partial charge in [0, 0.05) is 28.6 Å². The summed E-state index contributed by atoms with van der Waals surface area (Å²) in [7, 11) is 0. The molecule has 0 radical (unpaired) electrons. The Morgan fingerprint density at radius 3 is 2.24 bits per heavy atom. The second-order valence-electron chi connectivity index (χ2n) is 8.44. The van der Waals surface area contributed by atoms with Gasteiger partial charge >= 0.3 is 5.97 Å². The van der Waals surface area contributed by atoms with Crippen LogP contribution in [0, 0.1) is 0 Å². The third kappa shape index (κ3) is 6.17. The van der Waals surface area contributed by atoms with Crippen LogP contribution in [0.5, 0.6) is 0 Å². The predicted octanol–water partition coefficient (Wildman–Crippen LogP) is 4.32. The van der Waals surface area contributed by atoms with Gasteiger partial charge in [-0.3, -0.25) is 19.3 Å². The van der Waals surface area contributed by atoms with Gasteiger partial charge in [-0.2, -0.15) is 0 Å². The van der Waals surface area contributed by atoms with Crippen LogP contribution in [0.2, 0.25) is 0 Å². The minimum atomic E-state index is -1.14. The maximum atomic E-state index is 12.8. The van der Waals surface area contributed by atoms with Gasteiger partial charge < -0.3 is 21.0 Å². The van der Waals surface area contributed by atoms with Gasteiger partial charge in [0.25, 0.3) is 5.91 Å². The van der Waals surface area contributed by atoms with Crippen molar-refractivity contribution in [2.24, 2.45) is 11.5 Å². The van der Waals surface area contributed by atoms with Crippen LogP contribution >= 0.6 is 12.4 Å². The van der Waals surface area contributed by atoms with Crippen LogP contribution in [0.15, 0.2) is 77.2 Å². The van der Waals surface area contributed by atoms with E-state index < -0.39 is 18.4 Å². The molecule has 5 rings (SSSR count). The van der Waals surface area contributed by atoms with Crippen LogP contribution in [0.1, 0.15) is 43.8 Å². The highest BCUT2D eigenvalue weighted by Crippen LogP contribution is 2.33. The van der Waals surface area contributed by atoms with Gasteiger partial charge in [-0.15, -0.1) is 12.4 Å².